The number of aryl methyl sites for hydroxylation is 1. The van der Waals surface area contributed by atoms with Gasteiger partial charge in [0.25, 0.3) is 0 Å². The summed E-state index contributed by atoms with van der Waals surface area (Å²) < 4.78 is 7.42. The maximum Gasteiger partial charge on any atom is 0.161 e. The number of rotatable bonds is 5. The molecular formula is C16H24N4O. The smallest absolute Gasteiger partial charge is 0.161 e. The molecule has 2 aromatic rings. The molecule has 3 N–H and O–H groups in total. The van der Waals surface area contributed by atoms with E-state index in [4.69, 9.17) is 10.6 Å². The quantitative estimate of drug-likeness (QED) is 0.656. The summed E-state index contributed by atoms with van der Waals surface area (Å²) >= 11 is 0. The summed E-state index contributed by atoms with van der Waals surface area (Å²) in [4.78, 5) is 0. The van der Waals surface area contributed by atoms with E-state index in [-0.39, 0.29) is 12.1 Å². The number of hydrazine groups is 1. The van der Waals surface area contributed by atoms with Gasteiger partial charge in [-0.25, -0.2) is 5.43 Å². The van der Waals surface area contributed by atoms with Gasteiger partial charge >= 0.3 is 0 Å². The van der Waals surface area contributed by atoms with E-state index in [9.17, 15) is 0 Å². The van der Waals surface area contributed by atoms with Gasteiger partial charge in [0.15, 0.2) is 5.75 Å². The van der Waals surface area contributed by atoms with Crippen LogP contribution in [-0.2, 0) is 0 Å². The molecule has 1 unspecified atom stereocenters. The molecule has 0 aliphatic carbocycles. The Kier molecular flexibility index (Phi) is 4.65. The summed E-state index contributed by atoms with van der Waals surface area (Å²) in [6.45, 7) is 8.39. The highest BCUT2D eigenvalue weighted by molar-refractivity contribution is 5.42. The Morgan fingerprint density at radius 2 is 2.00 bits per heavy atom. The van der Waals surface area contributed by atoms with Crippen LogP contribution in [0.1, 0.15) is 48.3 Å². The van der Waals surface area contributed by atoms with Crippen molar-refractivity contribution in [2.24, 2.45) is 5.84 Å². The molecule has 1 heterocycles. The van der Waals surface area contributed by atoms with Gasteiger partial charge in [0.2, 0.25) is 0 Å². The second-order valence-electron chi connectivity index (χ2n) is 5.53. The maximum absolute atomic E-state index is 5.86. The highest BCUT2D eigenvalue weighted by atomic mass is 16.5. The molecule has 1 aromatic heterocycles. The van der Waals surface area contributed by atoms with Crippen LogP contribution in [0.5, 0.6) is 5.75 Å². The Morgan fingerprint density at radius 1 is 1.29 bits per heavy atom. The van der Waals surface area contributed by atoms with E-state index in [0.29, 0.717) is 0 Å². The topological polar surface area (TPSA) is 65.1 Å². The lowest BCUT2D eigenvalue weighted by molar-refractivity contribution is 0.394. The van der Waals surface area contributed by atoms with Crippen molar-refractivity contribution < 1.29 is 4.74 Å². The minimum atomic E-state index is -0.162. The van der Waals surface area contributed by atoms with E-state index >= 15 is 0 Å². The second-order valence-corrected chi connectivity index (χ2v) is 5.53. The molecule has 114 valence electrons. The van der Waals surface area contributed by atoms with E-state index < -0.39 is 0 Å². The number of methoxy groups -OCH3 is 1. The average molecular weight is 288 g/mol. The van der Waals surface area contributed by atoms with Crippen LogP contribution in [0, 0.1) is 13.8 Å². The summed E-state index contributed by atoms with van der Waals surface area (Å²) in [7, 11) is 1.65. The van der Waals surface area contributed by atoms with Crippen molar-refractivity contribution in [3.05, 3.63) is 46.8 Å². The van der Waals surface area contributed by atoms with Gasteiger partial charge in [-0.1, -0.05) is 18.2 Å². The number of ether oxygens (including phenoxy) is 1. The predicted octanol–water partition coefficient (Wildman–Crippen LogP) is 2.64. The number of hydrogen-bond donors (Lipinski definition) is 2. The average Bonchev–Trinajstić information content (AvgIpc) is 2.88. The molecule has 0 saturated carbocycles. The predicted molar refractivity (Wildman–Crippen MR) is 84.2 cm³/mol. The summed E-state index contributed by atoms with van der Waals surface area (Å²) in [6, 6.07) is 6.30. The summed E-state index contributed by atoms with van der Waals surface area (Å²) in [6.07, 6.45) is 1.74. The molecular weight excluding hydrogens is 264 g/mol. The fourth-order valence-corrected chi connectivity index (χ4v) is 2.60. The Hall–Kier alpha value is -1.85. The molecule has 0 aliphatic heterocycles. The molecule has 2 rings (SSSR count). The molecule has 1 aromatic carbocycles. The third kappa shape index (κ3) is 2.80. The van der Waals surface area contributed by atoms with Crippen LogP contribution in [0.25, 0.3) is 0 Å². The van der Waals surface area contributed by atoms with E-state index in [0.717, 1.165) is 17.0 Å². The number of benzene rings is 1. The lowest BCUT2D eigenvalue weighted by atomic mass is 9.95. The monoisotopic (exact) mass is 288 g/mol. The summed E-state index contributed by atoms with van der Waals surface area (Å²) in [5.41, 5.74) is 7.46. The number of hydrogen-bond acceptors (Lipinski definition) is 4. The highest BCUT2D eigenvalue weighted by Crippen LogP contribution is 2.33. The van der Waals surface area contributed by atoms with E-state index in [2.05, 4.69) is 50.4 Å². The first-order chi connectivity index (χ1) is 10.0. The first kappa shape index (κ1) is 15.5. The van der Waals surface area contributed by atoms with Crippen LogP contribution in [0.4, 0.5) is 0 Å². The van der Waals surface area contributed by atoms with Crippen LogP contribution in [0.2, 0.25) is 0 Å². The molecule has 0 saturated heterocycles. The van der Waals surface area contributed by atoms with Crippen LogP contribution in [-0.4, -0.2) is 16.9 Å². The van der Waals surface area contributed by atoms with Crippen LogP contribution >= 0.6 is 0 Å². The zero-order valence-corrected chi connectivity index (χ0v) is 13.3. The van der Waals surface area contributed by atoms with Crippen LogP contribution in [0.3, 0.4) is 0 Å². The largest absolute Gasteiger partial charge is 0.493 e. The molecule has 0 bridgehead atoms. The van der Waals surface area contributed by atoms with Crippen LogP contribution in [0.15, 0.2) is 24.4 Å². The third-order valence-electron chi connectivity index (χ3n) is 3.91. The number of nitrogens with one attached hydrogen (secondary N) is 1. The Morgan fingerprint density at radius 3 is 2.57 bits per heavy atom. The Labute approximate surface area is 126 Å². The van der Waals surface area contributed by atoms with Crippen LogP contribution < -0.4 is 16.0 Å². The Balaban J connectivity index is 2.61. The molecule has 0 spiro atoms. The molecule has 0 aliphatic rings. The highest BCUT2D eigenvalue weighted by Gasteiger charge is 2.25. The SMILES string of the molecule is COc1cnn(C(C)C)c1C(NN)c1cccc(C)c1C. The third-order valence-corrected chi connectivity index (χ3v) is 3.91. The molecule has 1 atom stereocenters. The van der Waals surface area contributed by atoms with Crippen molar-refractivity contribution in [2.45, 2.75) is 39.8 Å². The van der Waals surface area contributed by atoms with Gasteiger partial charge < -0.3 is 4.74 Å². The molecule has 0 fully saturated rings. The van der Waals surface area contributed by atoms with Crippen molar-refractivity contribution in [1.29, 1.82) is 0 Å². The van der Waals surface area contributed by atoms with Gasteiger partial charge in [-0.15, -0.1) is 0 Å². The fraction of sp³-hybridized carbons (Fsp3) is 0.438. The fourth-order valence-electron chi connectivity index (χ4n) is 2.60. The lowest BCUT2D eigenvalue weighted by Crippen LogP contribution is -2.32. The normalized spacial score (nSPS) is 12.7. The second kappa shape index (κ2) is 6.28. The molecule has 0 amide bonds. The number of aromatic nitrogens is 2. The first-order valence-corrected chi connectivity index (χ1v) is 7.14. The minimum absolute atomic E-state index is 0.162. The molecule has 5 nitrogen and oxygen atoms in total. The standard InChI is InChI=1S/C16H24N4O/c1-10(2)20-16(14(21-5)9-18-20)15(19-17)13-8-6-7-11(3)12(13)4/h6-10,15,19H,17H2,1-5H3. The van der Waals surface area contributed by atoms with Gasteiger partial charge in [-0.3, -0.25) is 10.5 Å². The molecule has 0 radical (unpaired) electrons. The first-order valence-electron chi connectivity index (χ1n) is 7.14. The van der Waals surface area contributed by atoms with E-state index in [1.807, 2.05) is 10.7 Å². The van der Waals surface area contributed by atoms with Crippen molar-refractivity contribution >= 4 is 0 Å². The minimum Gasteiger partial charge on any atom is -0.493 e. The Bertz CT molecular complexity index is 619. The zero-order chi connectivity index (χ0) is 15.6. The van der Waals surface area contributed by atoms with E-state index in [1.54, 1.807) is 13.3 Å². The van der Waals surface area contributed by atoms with Gasteiger partial charge in [0, 0.05) is 6.04 Å². The maximum atomic E-state index is 5.86. The zero-order valence-electron chi connectivity index (χ0n) is 13.3. The van der Waals surface area contributed by atoms with Crippen molar-refractivity contribution in [3.63, 3.8) is 0 Å². The summed E-state index contributed by atoms with van der Waals surface area (Å²) in [5.74, 6) is 6.60. The lowest BCUT2D eigenvalue weighted by Gasteiger charge is -2.23. The van der Waals surface area contributed by atoms with Gasteiger partial charge in [0.1, 0.15) is 5.69 Å². The number of nitrogens with two attached hydrogens (primary N) is 1. The van der Waals surface area contributed by atoms with Crippen molar-refractivity contribution in [3.8, 4) is 5.75 Å². The van der Waals surface area contributed by atoms with Gasteiger partial charge in [0.05, 0.1) is 19.3 Å². The van der Waals surface area contributed by atoms with Gasteiger partial charge in [-0.2, -0.15) is 5.10 Å². The van der Waals surface area contributed by atoms with Crippen molar-refractivity contribution in [1.82, 2.24) is 15.2 Å². The number of nitrogens with zero attached hydrogens (tertiary/aromatic N) is 2. The molecule has 21 heavy (non-hydrogen) atoms. The van der Waals surface area contributed by atoms with Gasteiger partial charge in [-0.05, 0) is 44.4 Å². The molecule has 5 heteroatoms. The summed E-state index contributed by atoms with van der Waals surface area (Å²) in [5, 5.41) is 4.43. The van der Waals surface area contributed by atoms with Crippen molar-refractivity contribution in [2.75, 3.05) is 7.11 Å². The van der Waals surface area contributed by atoms with E-state index in [1.165, 1.54) is 11.1 Å².